The van der Waals surface area contributed by atoms with E-state index in [1.54, 1.807) is 0 Å². The fraction of sp³-hybridized carbons (Fsp3) is 0.778. The highest BCUT2D eigenvalue weighted by Crippen LogP contribution is 2.15. The zero-order chi connectivity index (χ0) is 9.84. The van der Waals surface area contributed by atoms with Gasteiger partial charge in [-0.05, 0) is 13.8 Å². The maximum Gasteiger partial charge on any atom is 0.224 e. The van der Waals surface area contributed by atoms with Crippen molar-refractivity contribution < 1.29 is 0 Å². The highest BCUT2D eigenvalue weighted by Gasteiger charge is 2.12. The Hall–Kier alpha value is -1.06. The van der Waals surface area contributed by atoms with Gasteiger partial charge in [-0.25, -0.2) is 0 Å². The molecule has 0 radical (unpaired) electrons. The van der Waals surface area contributed by atoms with E-state index in [1.807, 2.05) is 0 Å². The smallest absolute Gasteiger partial charge is 0.224 e. The maximum atomic E-state index is 4.16. The van der Waals surface area contributed by atoms with E-state index in [0.717, 1.165) is 24.9 Å². The van der Waals surface area contributed by atoms with Gasteiger partial charge in [-0.1, -0.05) is 13.8 Å². The molecule has 0 unspecified atom stereocenters. The Morgan fingerprint density at radius 1 is 1.31 bits per heavy atom. The Morgan fingerprint density at radius 3 is 2.46 bits per heavy atom. The van der Waals surface area contributed by atoms with Crippen LogP contribution in [-0.2, 0) is 6.54 Å². The highest BCUT2D eigenvalue weighted by molar-refractivity contribution is 5.26. The van der Waals surface area contributed by atoms with Crippen molar-refractivity contribution in [2.75, 3.05) is 11.9 Å². The molecule has 1 N–H and O–H groups in total. The molecule has 4 heteroatoms. The van der Waals surface area contributed by atoms with Crippen molar-refractivity contribution in [2.45, 2.75) is 40.2 Å². The molecule has 74 valence electrons. The van der Waals surface area contributed by atoms with Gasteiger partial charge in [-0.2, -0.15) is 0 Å². The molecule has 1 rings (SSSR count). The van der Waals surface area contributed by atoms with Gasteiger partial charge in [0.25, 0.3) is 0 Å². The van der Waals surface area contributed by atoms with Crippen LogP contribution in [0.4, 0.5) is 5.95 Å². The molecule has 4 nitrogen and oxygen atoms in total. The van der Waals surface area contributed by atoms with Crippen LogP contribution in [0.2, 0.25) is 0 Å². The maximum absolute atomic E-state index is 4.16. The van der Waals surface area contributed by atoms with Gasteiger partial charge in [-0.3, -0.25) is 4.57 Å². The van der Waals surface area contributed by atoms with Gasteiger partial charge in [-0.15, -0.1) is 10.2 Å². The Bertz CT molecular complexity index is 265. The number of nitrogens with one attached hydrogen (secondary N) is 1. The van der Waals surface area contributed by atoms with Gasteiger partial charge >= 0.3 is 0 Å². The fourth-order valence-electron chi connectivity index (χ4n) is 1.34. The molecule has 0 saturated carbocycles. The van der Waals surface area contributed by atoms with E-state index in [4.69, 9.17) is 0 Å². The summed E-state index contributed by atoms with van der Waals surface area (Å²) >= 11 is 0. The molecule has 0 aliphatic rings. The molecule has 0 aromatic carbocycles. The molecule has 0 saturated heterocycles. The lowest BCUT2D eigenvalue weighted by Gasteiger charge is -2.09. The zero-order valence-electron chi connectivity index (χ0n) is 8.83. The molecule has 0 aliphatic heterocycles. The lowest BCUT2D eigenvalue weighted by atomic mass is 10.2. The lowest BCUT2D eigenvalue weighted by molar-refractivity contribution is 0.655. The molecular weight excluding hydrogens is 164 g/mol. The predicted molar refractivity (Wildman–Crippen MR) is 53.9 cm³/mol. The molecule has 1 aromatic heterocycles. The topological polar surface area (TPSA) is 42.7 Å². The van der Waals surface area contributed by atoms with Crippen molar-refractivity contribution in [3.8, 4) is 0 Å². The summed E-state index contributed by atoms with van der Waals surface area (Å²) in [7, 11) is 0. The van der Waals surface area contributed by atoms with Crippen molar-refractivity contribution in [1.82, 2.24) is 14.8 Å². The largest absolute Gasteiger partial charge is 0.355 e. The first-order valence-electron chi connectivity index (χ1n) is 4.87. The minimum atomic E-state index is 0.430. The molecular formula is C9H18N4. The van der Waals surface area contributed by atoms with E-state index in [0.29, 0.717) is 5.92 Å². The average Bonchev–Trinajstić information content (AvgIpc) is 2.48. The molecule has 13 heavy (non-hydrogen) atoms. The lowest BCUT2D eigenvalue weighted by Crippen LogP contribution is -2.09. The summed E-state index contributed by atoms with van der Waals surface area (Å²) in [6, 6.07) is 0. The number of hydrogen-bond donors (Lipinski definition) is 1. The van der Waals surface area contributed by atoms with E-state index >= 15 is 0 Å². The fourth-order valence-corrected chi connectivity index (χ4v) is 1.34. The molecule has 1 aromatic rings. The molecule has 0 spiro atoms. The molecule has 0 aliphatic carbocycles. The van der Waals surface area contributed by atoms with E-state index in [2.05, 4.69) is 47.8 Å². The Morgan fingerprint density at radius 2 is 2.00 bits per heavy atom. The van der Waals surface area contributed by atoms with Gasteiger partial charge < -0.3 is 5.32 Å². The van der Waals surface area contributed by atoms with Crippen molar-refractivity contribution in [2.24, 2.45) is 0 Å². The second-order valence-electron chi connectivity index (χ2n) is 3.31. The van der Waals surface area contributed by atoms with E-state index in [9.17, 15) is 0 Å². The van der Waals surface area contributed by atoms with Crippen LogP contribution in [0, 0.1) is 0 Å². The predicted octanol–water partition coefficient (Wildman–Crippen LogP) is 1.85. The molecule has 0 amide bonds. The van der Waals surface area contributed by atoms with Crippen molar-refractivity contribution in [1.29, 1.82) is 0 Å². The number of aromatic nitrogens is 3. The first-order chi connectivity index (χ1) is 6.20. The summed E-state index contributed by atoms with van der Waals surface area (Å²) < 4.78 is 2.12. The van der Waals surface area contributed by atoms with Crippen LogP contribution in [0.25, 0.3) is 0 Å². The van der Waals surface area contributed by atoms with Gasteiger partial charge in [0.05, 0.1) is 0 Å². The molecule has 1 heterocycles. The van der Waals surface area contributed by atoms with Crippen LogP contribution < -0.4 is 5.32 Å². The van der Waals surface area contributed by atoms with E-state index in [1.165, 1.54) is 0 Å². The Balaban J connectivity index is 2.96. The van der Waals surface area contributed by atoms with E-state index in [-0.39, 0.29) is 0 Å². The standard InChI is InChI=1S/C9H18N4/c1-5-10-9-12-11-8(7(3)4)13(9)6-2/h7H,5-6H2,1-4H3,(H,10,12). The third-order valence-corrected chi connectivity index (χ3v) is 1.95. The Labute approximate surface area is 79.4 Å². The van der Waals surface area contributed by atoms with Crippen LogP contribution in [-0.4, -0.2) is 21.3 Å². The zero-order valence-corrected chi connectivity index (χ0v) is 8.83. The first-order valence-corrected chi connectivity index (χ1v) is 4.87. The van der Waals surface area contributed by atoms with Crippen molar-refractivity contribution in [3.05, 3.63) is 5.82 Å². The van der Waals surface area contributed by atoms with E-state index < -0.39 is 0 Å². The SMILES string of the molecule is CCNc1nnc(C(C)C)n1CC. The van der Waals surface area contributed by atoms with Gasteiger partial charge in [0, 0.05) is 19.0 Å². The summed E-state index contributed by atoms with van der Waals surface area (Å²) in [5, 5.41) is 11.4. The molecule has 0 fully saturated rings. The second-order valence-corrected chi connectivity index (χ2v) is 3.31. The Kier molecular flexibility index (Phi) is 3.28. The summed E-state index contributed by atoms with van der Waals surface area (Å²) in [6.45, 7) is 10.2. The molecule has 0 atom stereocenters. The van der Waals surface area contributed by atoms with Gasteiger partial charge in [0.2, 0.25) is 5.95 Å². The number of rotatable bonds is 4. The van der Waals surface area contributed by atoms with Crippen LogP contribution in [0.15, 0.2) is 0 Å². The second kappa shape index (κ2) is 4.25. The normalized spacial score (nSPS) is 10.8. The van der Waals surface area contributed by atoms with Crippen molar-refractivity contribution >= 4 is 5.95 Å². The summed E-state index contributed by atoms with van der Waals surface area (Å²) in [6.07, 6.45) is 0. The summed E-state index contributed by atoms with van der Waals surface area (Å²) in [4.78, 5) is 0. The third-order valence-electron chi connectivity index (χ3n) is 1.95. The average molecular weight is 182 g/mol. The number of nitrogens with zero attached hydrogens (tertiary/aromatic N) is 3. The minimum Gasteiger partial charge on any atom is -0.355 e. The highest BCUT2D eigenvalue weighted by atomic mass is 15.3. The quantitative estimate of drug-likeness (QED) is 0.772. The van der Waals surface area contributed by atoms with Gasteiger partial charge in [0.15, 0.2) is 0 Å². The summed E-state index contributed by atoms with van der Waals surface area (Å²) in [5.41, 5.74) is 0. The molecule has 0 bridgehead atoms. The van der Waals surface area contributed by atoms with Gasteiger partial charge in [0.1, 0.15) is 5.82 Å². The minimum absolute atomic E-state index is 0.430. The number of hydrogen-bond acceptors (Lipinski definition) is 3. The third kappa shape index (κ3) is 1.99. The summed E-state index contributed by atoms with van der Waals surface area (Å²) in [5.74, 6) is 2.37. The van der Waals surface area contributed by atoms with Crippen LogP contribution in [0.3, 0.4) is 0 Å². The van der Waals surface area contributed by atoms with Crippen molar-refractivity contribution in [3.63, 3.8) is 0 Å². The van der Waals surface area contributed by atoms with Crippen LogP contribution >= 0.6 is 0 Å². The number of anilines is 1. The first kappa shape index (κ1) is 10.0. The monoisotopic (exact) mass is 182 g/mol. The van der Waals surface area contributed by atoms with Crippen LogP contribution in [0.1, 0.15) is 39.4 Å². The van der Waals surface area contributed by atoms with Crippen LogP contribution in [0.5, 0.6) is 0 Å².